The van der Waals surface area contributed by atoms with Crippen LogP contribution in [0.15, 0.2) is 12.3 Å². The van der Waals surface area contributed by atoms with Crippen molar-refractivity contribution in [2.75, 3.05) is 13.1 Å². The second-order valence-electron chi connectivity index (χ2n) is 2.69. The molecule has 0 aromatic carbocycles. The van der Waals surface area contributed by atoms with Gasteiger partial charge in [-0.25, -0.2) is 0 Å². The van der Waals surface area contributed by atoms with Gasteiger partial charge in [0.2, 0.25) is 0 Å². The lowest BCUT2D eigenvalue weighted by Crippen LogP contribution is -2.08. The van der Waals surface area contributed by atoms with Crippen LogP contribution in [0.5, 0.6) is 0 Å². The molecule has 0 amide bonds. The van der Waals surface area contributed by atoms with Gasteiger partial charge in [0.25, 0.3) is 0 Å². The smallest absolute Gasteiger partial charge is 0.0666 e. The minimum absolute atomic E-state index is 0.645. The molecule has 1 fully saturated rings. The van der Waals surface area contributed by atoms with E-state index in [-0.39, 0.29) is 0 Å². The van der Waals surface area contributed by atoms with Crippen LogP contribution in [0.25, 0.3) is 0 Å². The van der Waals surface area contributed by atoms with E-state index in [0.717, 1.165) is 13.1 Å². The summed E-state index contributed by atoms with van der Waals surface area (Å²) < 4.78 is 0. The van der Waals surface area contributed by atoms with Gasteiger partial charge in [0, 0.05) is 18.7 Å². The minimum atomic E-state index is 0.645. The maximum absolute atomic E-state index is 4.13. The van der Waals surface area contributed by atoms with Crippen molar-refractivity contribution in [3.63, 3.8) is 0 Å². The average Bonchev–Trinajstić information content (AvgIpc) is 2.59. The highest BCUT2D eigenvalue weighted by Gasteiger charge is 2.17. The van der Waals surface area contributed by atoms with Crippen molar-refractivity contribution in [2.24, 2.45) is 0 Å². The molecule has 1 saturated heterocycles. The van der Waals surface area contributed by atoms with Gasteiger partial charge >= 0.3 is 0 Å². The Morgan fingerprint density at radius 1 is 1.60 bits per heavy atom. The molecule has 2 N–H and O–H groups in total. The molecule has 3 heteroatoms. The van der Waals surface area contributed by atoms with E-state index < -0.39 is 0 Å². The first-order valence-electron chi connectivity index (χ1n) is 3.67. The van der Waals surface area contributed by atoms with Crippen molar-refractivity contribution in [2.45, 2.75) is 12.3 Å². The van der Waals surface area contributed by atoms with Crippen molar-refractivity contribution in [1.29, 1.82) is 0 Å². The van der Waals surface area contributed by atoms with E-state index in [9.17, 15) is 0 Å². The highest BCUT2D eigenvalue weighted by Crippen LogP contribution is 2.18. The van der Waals surface area contributed by atoms with Gasteiger partial charge in [-0.1, -0.05) is 0 Å². The van der Waals surface area contributed by atoms with E-state index >= 15 is 0 Å². The van der Waals surface area contributed by atoms with Gasteiger partial charge in [0.15, 0.2) is 0 Å². The fourth-order valence-electron chi connectivity index (χ4n) is 1.41. The third kappa shape index (κ3) is 0.926. The quantitative estimate of drug-likeness (QED) is 0.591. The largest absolute Gasteiger partial charge is 0.316 e. The summed E-state index contributed by atoms with van der Waals surface area (Å²) in [6, 6.07) is 2.05. The minimum Gasteiger partial charge on any atom is -0.316 e. The average molecular weight is 137 g/mol. The van der Waals surface area contributed by atoms with Gasteiger partial charge in [-0.05, 0) is 19.0 Å². The van der Waals surface area contributed by atoms with Crippen molar-refractivity contribution in [3.05, 3.63) is 18.0 Å². The van der Waals surface area contributed by atoms with Gasteiger partial charge in [-0.15, -0.1) is 0 Å². The molecule has 2 rings (SSSR count). The predicted molar refractivity (Wildman–Crippen MR) is 38.8 cm³/mol. The van der Waals surface area contributed by atoms with Crippen LogP contribution in [0.2, 0.25) is 0 Å². The number of aromatic amines is 1. The molecule has 3 nitrogen and oxygen atoms in total. The lowest BCUT2D eigenvalue weighted by molar-refractivity contribution is 0.729. The molecule has 10 heavy (non-hydrogen) atoms. The fraction of sp³-hybridized carbons (Fsp3) is 0.571. The Morgan fingerprint density at radius 3 is 3.20 bits per heavy atom. The van der Waals surface area contributed by atoms with Gasteiger partial charge in [0.05, 0.1) is 5.69 Å². The first-order valence-corrected chi connectivity index (χ1v) is 3.67. The standard InChI is InChI=1S/C7H11N3/c1-3-8-5-6(1)7-2-4-9-10-7/h2,4,6,8H,1,3,5H2,(H,9,10)/t6-/m0/s1. The van der Waals surface area contributed by atoms with Gasteiger partial charge in [-0.2, -0.15) is 5.10 Å². The monoisotopic (exact) mass is 137 g/mol. The maximum atomic E-state index is 4.13. The van der Waals surface area contributed by atoms with Crippen LogP contribution in [0, 0.1) is 0 Å². The summed E-state index contributed by atoms with van der Waals surface area (Å²) in [6.45, 7) is 2.22. The van der Waals surface area contributed by atoms with Gasteiger partial charge in [0.1, 0.15) is 0 Å². The summed E-state index contributed by atoms with van der Waals surface area (Å²) in [5, 5.41) is 10.3. The Bertz CT molecular complexity index is 187. The van der Waals surface area contributed by atoms with Crippen LogP contribution in [-0.4, -0.2) is 23.3 Å². The number of hydrogen-bond donors (Lipinski definition) is 2. The summed E-state index contributed by atoms with van der Waals surface area (Å²) >= 11 is 0. The van der Waals surface area contributed by atoms with Crippen molar-refractivity contribution >= 4 is 0 Å². The summed E-state index contributed by atoms with van der Waals surface area (Å²) in [7, 11) is 0. The van der Waals surface area contributed by atoms with Crippen LogP contribution in [0.1, 0.15) is 18.0 Å². The number of rotatable bonds is 1. The molecule has 1 atom stereocenters. The second-order valence-corrected chi connectivity index (χ2v) is 2.69. The fourth-order valence-corrected chi connectivity index (χ4v) is 1.41. The number of nitrogens with one attached hydrogen (secondary N) is 2. The lowest BCUT2D eigenvalue weighted by atomic mass is 10.1. The first kappa shape index (κ1) is 5.92. The Kier molecular flexibility index (Phi) is 1.43. The van der Waals surface area contributed by atoms with Crippen LogP contribution in [0.4, 0.5) is 0 Å². The molecule has 0 bridgehead atoms. The van der Waals surface area contributed by atoms with Crippen molar-refractivity contribution < 1.29 is 0 Å². The topological polar surface area (TPSA) is 40.7 Å². The Labute approximate surface area is 59.8 Å². The van der Waals surface area contributed by atoms with E-state index in [4.69, 9.17) is 0 Å². The highest BCUT2D eigenvalue weighted by molar-refractivity contribution is 5.07. The maximum Gasteiger partial charge on any atom is 0.0666 e. The zero-order valence-electron chi connectivity index (χ0n) is 5.80. The normalized spacial score (nSPS) is 25.4. The van der Waals surface area contributed by atoms with E-state index in [1.807, 2.05) is 6.20 Å². The highest BCUT2D eigenvalue weighted by atomic mass is 15.1. The molecule has 1 aliphatic rings. The Hall–Kier alpha value is -0.830. The summed E-state index contributed by atoms with van der Waals surface area (Å²) in [5.41, 5.74) is 1.20. The van der Waals surface area contributed by atoms with Crippen LogP contribution in [-0.2, 0) is 0 Å². The predicted octanol–water partition coefficient (Wildman–Crippen LogP) is 0.487. The Morgan fingerprint density at radius 2 is 2.60 bits per heavy atom. The van der Waals surface area contributed by atoms with Crippen LogP contribution >= 0.6 is 0 Å². The van der Waals surface area contributed by atoms with Crippen LogP contribution < -0.4 is 5.32 Å². The van der Waals surface area contributed by atoms with E-state index in [2.05, 4.69) is 21.6 Å². The second kappa shape index (κ2) is 2.42. The van der Waals surface area contributed by atoms with E-state index in [1.165, 1.54) is 12.1 Å². The summed E-state index contributed by atoms with van der Waals surface area (Å²) in [4.78, 5) is 0. The number of H-pyrrole nitrogens is 1. The molecule has 0 aliphatic carbocycles. The molecule has 1 aliphatic heterocycles. The van der Waals surface area contributed by atoms with Crippen molar-refractivity contribution in [3.8, 4) is 0 Å². The Balaban J connectivity index is 2.12. The molecule has 0 spiro atoms. The molecule has 2 heterocycles. The molecule has 1 aromatic heterocycles. The zero-order valence-corrected chi connectivity index (χ0v) is 5.80. The van der Waals surface area contributed by atoms with E-state index in [0.29, 0.717) is 5.92 Å². The molecule has 0 saturated carbocycles. The third-order valence-corrected chi connectivity index (χ3v) is 2.00. The summed E-state index contributed by atoms with van der Waals surface area (Å²) in [5.74, 6) is 0.645. The molecule has 1 aromatic rings. The molecule has 54 valence electrons. The molecular formula is C7H11N3. The first-order chi connectivity index (χ1) is 4.97. The SMILES string of the molecule is c1cc([C@H]2CCNC2)n[nH]1. The molecule has 0 radical (unpaired) electrons. The lowest BCUT2D eigenvalue weighted by Gasteiger charge is -2.00. The third-order valence-electron chi connectivity index (χ3n) is 2.00. The van der Waals surface area contributed by atoms with Crippen LogP contribution in [0.3, 0.4) is 0 Å². The van der Waals surface area contributed by atoms with Gasteiger partial charge < -0.3 is 5.32 Å². The number of hydrogen-bond acceptors (Lipinski definition) is 2. The van der Waals surface area contributed by atoms with Crippen molar-refractivity contribution in [1.82, 2.24) is 15.5 Å². The number of nitrogens with zero attached hydrogens (tertiary/aromatic N) is 1. The number of aromatic nitrogens is 2. The van der Waals surface area contributed by atoms with E-state index in [1.54, 1.807) is 0 Å². The molecule has 0 unspecified atom stereocenters. The molecular weight excluding hydrogens is 126 g/mol. The zero-order chi connectivity index (χ0) is 6.81. The summed E-state index contributed by atoms with van der Waals surface area (Å²) in [6.07, 6.45) is 3.11. The van der Waals surface area contributed by atoms with Gasteiger partial charge in [-0.3, -0.25) is 5.10 Å².